The van der Waals surface area contributed by atoms with Gasteiger partial charge in [0.1, 0.15) is 23.1 Å². The molecule has 3 rings (SSSR count). The first-order chi connectivity index (χ1) is 11.2. The molecule has 0 saturated carbocycles. The van der Waals surface area contributed by atoms with Gasteiger partial charge in [0.25, 0.3) is 5.91 Å². The Kier molecular flexibility index (Phi) is 5.27. The van der Waals surface area contributed by atoms with Gasteiger partial charge in [0.05, 0.1) is 0 Å². The Bertz CT molecular complexity index is 770. The van der Waals surface area contributed by atoms with Crippen LogP contribution in [-0.2, 0) is 13.2 Å². The number of halogens is 1. The maximum atomic E-state index is 12.0. The van der Waals surface area contributed by atoms with Crippen LogP contribution in [0.4, 0.5) is 0 Å². The number of hydrogen-bond donors (Lipinski definition) is 1. The molecular formula is C16H13ClN2O2S2. The zero-order chi connectivity index (χ0) is 16.1. The first kappa shape index (κ1) is 16.0. The molecule has 7 heteroatoms. The zero-order valence-corrected chi connectivity index (χ0v) is 14.4. The van der Waals surface area contributed by atoms with E-state index in [1.54, 1.807) is 41.0 Å². The predicted molar refractivity (Wildman–Crippen MR) is 93.4 cm³/mol. The lowest BCUT2D eigenvalue weighted by Gasteiger charge is -2.03. The summed E-state index contributed by atoms with van der Waals surface area (Å²) in [6, 6.07) is 9.11. The zero-order valence-electron chi connectivity index (χ0n) is 12.0. The van der Waals surface area contributed by atoms with Crippen molar-refractivity contribution < 1.29 is 9.53 Å². The van der Waals surface area contributed by atoms with Crippen LogP contribution in [0.1, 0.15) is 21.1 Å². The monoisotopic (exact) mass is 364 g/mol. The van der Waals surface area contributed by atoms with Gasteiger partial charge in [-0.15, -0.1) is 11.3 Å². The summed E-state index contributed by atoms with van der Waals surface area (Å²) in [5.74, 6) is 0.540. The second-order valence-corrected chi connectivity index (χ2v) is 6.84. The van der Waals surface area contributed by atoms with Gasteiger partial charge in [-0.2, -0.15) is 11.3 Å². The van der Waals surface area contributed by atoms with E-state index in [-0.39, 0.29) is 5.91 Å². The molecule has 1 aromatic carbocycles. The summed E-state index contributed by atoms with van der Waals surface area (Å²) in [5.41, 5.74) is 1.50. The molecule has 0 unspecified atom stereocenters. The maximum absolute atomic E-state index is 12.0. The molecule has 23 heavy (non-hydrogen) atoms. The summed E-state index contributed by atoms with van der Waals surface area (Å²) in [5, 5.41) is 9.99. The summed E-state index contributed by atoms with van der Waals surface area (Å²) in [6.45, 7) is 0.834. The summed E-state index contributed by atoms with van der Waals surface area (Å²) in [4.78, 5) is 16.3. The normalized spacial score (nSPS) is 10.5. The van der Waals surface area contributed by atoms with E-state index < -0.39 is 0 Å². The number of thiophene rings is 1. The van der Waals surface area contributed by atoms with Gasteiger partial charge in [0.15, 0.2) is 0 Å². The molecule has 1 N–H and O–H groups in total. The smallest absolute Gasteiger partial charge is 0.271 e. The Morgan fingerprint density at radius 1 is 1.22 bits per heavy atom. The number of benzene rings is 1. The van der Waals surface area contributed by atoms with E-state index in [1.165, 1.54) is 11.3 Å². The highest BCUT2D eigenvalue weighted by Crippen LogP contribution is 2.18. The van der Waals surface area contributed by atoms with Gasteiger partial charge in [0.2, 0.25) is 0 Å². The molecule has 2 aromatic heterocycles. The molecule has 0 fully saturated rings. The van der Waals surface area contributed by atoms with Crippen LogP contribution in [0.3, 0.4) is 0 Å². The molecule has 4 nitrogen and oxygen atoms in total. The Morgan fingerprint density at radius 3 is 2.78 bits per heavy atom. The molecule has 0 aliphatic carbocycles. The third-order valence-corrected chi connectivity index (χ3v) is 4.80. The number of aromatic nitrogens is 1. The van der Waals surface area contributed by atoms with E-state index in [9.17, 15) is 4.79 Å². The van der Waals surface area contributed by atoms with E-state index in [1.807, 2.05) is 16.8 Å². The van der Waals surface area contributed by atoms with Crippen molar-refractivity contribution in [2.75, 3.05) is 0 Å². The van der Waals surface area contributed by atoms with Crippen LogP contribution in [0.5, 0.6) is 5.75 Å². The molecule has 0 bridgehead atoms. The quantitative estimate of drug-likeness (QED) is 0.706. The molecule has 0 atom stereocenters. The van der Waals surface area contributed by atoms with Crippen molar-refractivity contribution in [2.24, 2.45) is 0 Å². The first-order valence-corrected chi connectivity index (χ1v) is 9.03. The van der Waals surface area contributed by atoms with E-state index in [0.29, 0.717) is 29.6 Å². The van der Waals surface area contributed by atoms with Crippen LogP contribution in [0, 0.1) is 0 Å². The highest BCUT2D eigenvalue weighted by molar-refractivity contribution is 7.09. The molecule has 118 valence electrons. The van der Waals surface area contributed by atoms with Gasteiger partial charge in [-0.1, -0.05) is 11.6 Å². The Labute approximate surface area is 146 Å². The summed E-state index contributed by atoms with van der Waals surface area (Å²) in [6.07, 6.45) is 0. The number of carbonyl (C=O) groups excluding carboxylic acids is 1. The summed E-state index contributed by atoms with van der Waals surface area (Å²) in [7, 11) is 0. The van der Waals surface area contributed by atoms with Crippen molar-refractivity contribution in [1.82, 2.24) is 10.3 Å². The third-order valence-electron chi connectivity index (χ3n) is 2.99. The lowest BCUT2D eigenvalue weighted by molar-refractivity contribution is 0.0946. The number of carbonyl (C=O) groups is 1. The van der Waals surface area contributed by atoms with Crippen LogP contribution in [0.2, 0.25) is 5.02 Å². The molecule has 2 heterocycles. The van der Waals surface area contributed by atoms with Gasteiger partial charge >= 0.3 is 0 Å². The number of nitrogens with one attached hydrogen (secondary N) is 1. The second kappa shape index (κ2) is 7.59. The van der Waals surface area contributed by atoms with Crippen LogP contribution in [-0.4, -0.2) is 10.9 Å². The molecule has 0 saturated heterocycles. The fourth-order valence-corrected chi connectivity index (χ4v) is 3.30. The SMILES string of the molecule is O=C(NCc1ccsc1)c1csc(COc2ccc(Cl)cc2)n1. The summed E-state index contributed by atoms with van der Waals surface area (Å²) >= 11 is 8.83. The van der Waals surface area contributed by atoms with Crippen molar-refractivity contribution >= 4 is 40.2 Å². The minimum Gasteiger partial charge on any atom is -0.486 e. The molecular weight excluding hydrogens is 352 g/mol. The van der Waals surface area contributed by atoms with E-state index in [2.05, 4.69) is 10.3 Å². The van der Waals surface area contributed by atoms with E-state index in [0.717, 1.165) is 10.6 Å². The molecule has 0 aliphatic rings. The maximum Gasteiger partial charge on any atom is 0.271 e. The predicted octanol–water partition coefficient (Wildman–Crippen LogP) is 4.37. The Morgan fingerprint density at radius 2 is 2.04 bits per heavy atom. The largest absolute Gasteiger partial charge is 0.486 e. The van der Waals surface area contributed by atoms with E-state index >= 15 is 0 Å². The highest BCUT2D eigenvalue weighted by atomic mass is 35.5. The van der Waals surface area contributed by atoms with Crippen molar-refractivity contribution in [3.05, 3.63) is 67.8 Å². The average molecular weight is 365 g/mol. The van der Waals surface area contributed by atoms with Gasteiger partial charge in [-0.3, -0.25) is 4.79 Å². The van der Waals surface area contributed by atoms with Gasteiger partial charge in [-0.25, -0.2) is 4.98 Å². The fraction of sp³-hybridized carbons (Fsp3) is 0.125. The second-order valence-electron chi connectivity index (χ2n) is 4.68. The van der Waals surface area contributed by atoms with Crippen molar-refractivity contribution in [1.29, 1.82) is 0 Å². The minimum atomic E-state index is -0.176. The number of amides is 1. The molecule has 1 amide bonds. The van der Waals surface area contributed by atoms with Gasteiger partial charge in [-0.05, 0) is 46.7 Å². The first-order valence-electron chi connectivity index (χ1n) is 6.83. The van der Waals surface area contributed by atoms with Crippen molar-refractivity contribution in [3.8, 4) is 5.75 Å². The standard InChI is InChI=1S/C16H13ClN2O2S2/c17-12-1-3-13(4-2-12)21-8-15-19-14(10-23-15)16(20)18-7-11-5-6-22-9-11/h1-6,9-10H,7-8H2,(H,18,20). The third kappa shape index (κ3) is 4.54. The van der Waals surface area contributed by atoms with Crippen LogP contribution < -0.4 is 10.1 Å². The lowest BCUT2D eigenvalue weighted by atomic mass is 10.3. The Balaban J connectivity index is 1.52. The van der Waals surface area contributed by atoms with Gasteiger partial charge in [0, 0.05) is 16.9 Å². The van der Waals surface area contributed by atoms with E-state index in [4.69, 9.17) is 16.3 Å². The number of thiazole rings is 1. The van der Waals surface area contributed by atoms with Crippen LogP contribution >= 0.6 is 34.3 Å². The average Bonchev–Trinajstić information content (AvgIpc) is 3.24. The molecule has 0 aliphatic heterocycles. The van der Waals surface area contributed by atoms with Crippen LogP contribution in [0.25, 0.3) is 0 Å². The number of nitrogens with zero attached hydrogens (tertiary/aromatic N) is 1. The number of rotatable bonds is 6. The molecule has 0 radical (unpaired) electrons. The number of hydrogen-bond acceptors (Lipinski definition) is 5. The van der Waals surface area contributed by atoms with Gasteiger partial charge < -0.3 is 10.1 Å². The topological polar surface area (TPSA) is 51.2 Å². The minimum absolute atomic E-state index is 0.176. The summed E-state index contributed by atoms with van der Waals surface area (Å²) < 4.78 is 5.62. The van der Waals surface area contributed by atoms with Crippen LogP contribution in [0.15, 0.2) is 46.5 Å². The molecule has 0 spiro atoms. The number of ether oxygens (including phenoxy) is 1. The van der Waals surface area contributed by atoms with Crippen molar-refractivity contribution in [3.63, 3.8) is 0 Å². The highest BCUT2D eigenvalue weighted by Gasteiger charge is 2.11. The van der Waals surface area contributed by atoms with Crippen molar-refractivity contribution in [2.45, 2.75) is 13.2 Å². The fourth-order valence-electron chi connectivity index (χ4n) is 1.82. The molecule has 3 aromatic rings. The Hall–Kier alpha value is -1.89. The lowest BCUT2D eigenvalue weighted by Crippen LogP contribution is -2.22.